The van der Waals surface area contributed by atoms with E-state index in [2.05, 4.69) is 270 Å². The highest BCUT2D eigenvalue weighted by Crippen LogP contribution is 2.73. The zero-order chi connectivity index (χ0) is 63.5. The van der Waals surface area contributed by atoms with E-state index in [0.717, 1.165) is 15.4 Å². The Morgan fingerprint density at radius 1 is 0.370 bits per heavy atom. The molecule has 480 valence electrons. The van der Waals surface area contributed by atoms with Crippen LogP contribution in [0, 0.1) is 10.8 Å². The van der Waals surface area contributed by atoms with Gasteiger partial charge in [-0.3, -0.25) is 0 Å². The van der Waals surface area contributed by atoms with Crippen molar-refractivity contribution in [3.63, 3.8) is 0 Å². The fourth-order valence-corrected chi connectivity index (χ4v) is 17.2. The maximum atomic E-state index is 3.85. The van der Waals surface area contributed by atoms with E-state index in [0.29, 0.717) is 0 Å². The molecule has 92 heavy (non-hydrogen) atoms. The Kier molecular flexibility index (Phi) is 24.3. The Hall–Kier alpha value is -6.20. The van der Waals surface area contributed by atoms with Crippen LogP contribution in [-0.2, 0) is 6.42 Å². The molecule has 8 aromatic carbocycles. The lowest BCUT2D eigenvalue weighted by atomic mass is 9.48. The highest BCUT2D eigenvalue weighted by atomic mass is 79.9. The summed E-state index contributed by atoms with van der Waals surface area (Å²) in [5.74, 6) is 0.282. The van der Waals surface area contributed by atoms with Crippen molar-refractivity contribution in [2.24, 2.45) is 10.8 Å². The minimum Gasteiger partial charge on any atom is -0.310 e. The first-order valence-corrected chi connectivity index (χ1v) is 38.0. The molecule has 0 amide bonds. The van der Waals surface area contributed by atoms with Gasteiger partial charge in [0.05, 0.1) is 11.4 Å². The lowest BCUT2D eigenvalue weighted by molar-refractivity contribution is 0.196. The van der Waals surface area contributed by atoms with Crippen LogP contribution in [0.1, 0.15) is 236 Å². The number of fused-ring (bicyclic) bond motifs is 5. The van der Waals surface area contributed by atoms with E-state index in [1.807, 2.05) is 5.57 Å². The number of unbranched alkanes of at least 4 members (excludes halogenated alkanes) is 20. The zero-order valence-electron chi connectivity index (χ0n) is 56.3. The van der Waals surface area contributed by atoms with Crippen molar-refractivity contribution in [3.05, 3.63) is 236 Å². The quantitative estimate of drug-likeness (QED) is 0.0361. The summed E-state index contributed by atoms with van der Waals surface area (Å²) < 4.78 is 2.19. The summed E-state index contributed by atoms with van der Waals surface area (Å²) in [6.07, 6.45) is 40.0. The summed E-state index contributed by atoms with van der Waals surface area (Å²) in [4.78, 5) is 5.17. The number of hydrogen-bond acceptors (Lipinski definition) is 2. The van der Waals surface area contributed by atoms with Crippen molar-refractivity contribution in [2.45, 2.75) is 220 Å². The normalized spacial score (nSPS) is 15.0. The summed E-state index contributed by atoms with van der Waals surface area (Å²) in [6, 6.07) is 74.2. The Morgan fingerprint density at radius 2 is 0.761 bits per heavy atom. The van der Waals surface area contributed by atoms with E-state index in [-0.39, 0.29) is 16.7 Å². The minimum absolute atomic E-state index is 0.0544. The topological polar surface area (TPSA) is 6.48 Å². The van der Waals surface area contributed by atoms with Crippen LogP contribution in [0.25, 0.3) is 33.9 Å². The molecule has 1 atom stereocenters. The first kappa shape index (κ1) is 67.2. The van der Waals surface area contributed by atoms with Crippen LogP contribution in [0.3, 0.4) is 0 Å². The van der Waals surface area contributed by atoms with Gasteiger partial charge in [0.2, 0.25) is 0 Å². The SMILES string of the molecule is CCCCCCCCC1(CCCCCCCC)C2=Cc3ccc(N(c4ccc(Br)cc4)c4ccccc4-c4ccccc4)cc3C2C(CCCCCCCC)(CCCCCCCC)C2=C1c1cc(N(c3ccc(Br)cc3)c3ccccc3-c3ccccc3)ccc1C2. The van der Waals surface area contributed by atoms with E-state index in [9.17, 15) is 0 Å². The van der Waals surface area contributed by atoms with Crippen LogP contribution in [0.15, 0.2) is 214 Å². The van der Waals surface area contributed by atoms with Gasteiger partial charge in [-0.05, 0) is 156 Å². The molecular formula is C88H104Br2N2. The summed E-state index contributed by atoms with van der Waals surface area (Å²) in [6.45, 7) is 9.48. The summed E-state index contributed by atoms with van der Waals surface area (Å²) in [5, 5.41) is 0. The van der Waals surface area contributed by atoms with Crippen LogP contribution in [0.5, 0.6) is 0 Å². The van der Waals surface area contributed by atoms with E-state index in [1.54, 1.807) is 27.8 Å². The average molecular weight is 1350 g/mol. The number of anilines is 6. The van der Waals surface area contributed by atoms with Crippen LogP contribution < -0.4 is 9.80 Å². The fraction of sp³-hybridized carbons (Fsp3) is 0.409. The predicted molar refractivity (Wildman–Crippen MR) is 407 cm³/mol. The molecule has 0 saturated heterocycles. The standard InChI is InChI=1S/C88H104Br2N2/c1-5-9-13-17-21-35-59-87(60-36-22-18-14-10-6-2)81-63-69-47-53-76(92(74-57-51-72(90)52-58-74)84-46-34-32-44-78(84)68-41-29-26-30-42-68)66-80(69)86(81)88(61-37-23-19-15-11-7-3,62-38-24-20-16-12-8-4)82-64-70-48-54-75(65-79(70)85(82)87)91(73-55-49-71(89)50-56-73)83-45-33-31-43-77(83)67-39-27-25-28-40-67/h25-34,39-58,63,65-66,86H,5-24,35-38,59-62,64H2,1-4H3. The number of benzene rings is 8. The van der Waals surface area contributed by atoms with Crippen LogP contribution in [0.4, 0.5) is 34.1 Å². The van der Waals surface area contributed by atoms with E-state index in [4.69, 9.17) is 0 Å². The van der Waals surface area contributed by atoms with E-state index >= 15 is 0 Å². The molecule has 0 radical (unpaired) electrons. The predicted octanol–water partition coefficient (Wildman–Crippen LogP) is 29.0. The Labute approximate surface area is 572 Å². The van der Waals surface area contributed by atoms with Gasteiger partial charge in [0, 0.05) is 59.6 Å². The summed E-state index contributed by atoms with van der Waals surface area (Å²) >= 11 is 7.70. The number of hydrogen-bond donors (Lipinski definition) is 0. The van der Waals surface area contributed by atoms with Gasteiger partial charge in [0.15, 0.2) is 0 Å². The Bertz CT molecular complexity index is 3640. The number of para-hydroxylation sites is 2. The molecule has 0 N–H and O–H groups in total. The molecule has 11 rings (SSSR count). The molecule has 0 bridgehead atoms. The second-order valence-electron chi connectivity index (χ2n) is 27.4. The third-order valence-corrected chi connectivity index (χ3v) is 22.3. The van der Waals surface area contributed by atoms with Crippen molar-refractivity contribution in [1.82, 2.24) is 0 Å². The van der Waals surface area contributed by atoms with Crippen LogP contribution >= 0.6 is 31.9 Å². The largest absolute Gasteiger partial charge is 0.310 e. The molecular weight excluding hydrogens is 1240 g/mol. The van der Waals surface area contributed by atoms with Crippen LogP contribution in [0.2, 0.25) is 0 Å². The third-order valence-electron chi connectivity index (χ3n) is 21.2. The van der Waals surface area contributed by atoms with E-state index in [1.165, 1.54) is 242 Å². The molecule has 8 aromatic rings. The fourth-order valence-electron chi connectivity index (χ4n) is 16.7. The minimum atomic E-state index is -0.125. The number of nitrogens with zero attached hydrogens (tertiary/aromatic N) is 2. The van der Waals surface area contributed by atoms with Gasteiger partial charge < -0.3 is 9.80 Å². The molecule has 0 spiro atoms. The lowest BCUT2D eigenvalue weighted by Crippen LogP contribution is -2.43. The molecule has 2 nitrogen and oxygen atoms in total. The average Bonchev–Trinajstić information content (AvgIpc) is 1.51. The smallest absolute Gasteiger partial charge is 0.0540 e. The van der Waals surface area contributed by atoms with Crippen LogP contribution in [-0.4, -0.2) is 0 Å². The lowest BCUT2D eigenvalue weighted by Gasteiger charge is -2.55. The van der Waals surface area contributed by atoms with Crippen molar-refractivity contribution < 1.29 is 0 Å². The second-order valence-corrected chi connectivity index (χ2v) is 29.2. The van der Waals surface area contributed by atoms with Gasteiger partial charge >= 0.3 is 0 Å². The van der Waals surface area contributed by atoms with Gasteiger partial charge in [-0.2, -0.15) is 0 Å². The highest BCUT2D eigenvalue weighted by molar-refractivity contribution is 9.10. The Balaban J connectivity index is 1.16. The number of halogens is 2. The number of rotatable bonds is 36. The second kappa shape index (κ2) is 33.3. The molecule has 4 heteroatoms. The molecule has 3 aliphatic rings. The van der Waals surface area contributed by atoms with Crippen molar-refractivity contribution in [3.8, 4) is 22.3 Å². The highest BCUT2D eigenvalue weighted by Gasteiger charge is 2.59. The molecule has 1 unspecified atom stereocenters. The first-order chi connectivity index (χ1) is 45.3. The van der Waals surface area contributed by atoms with Gasteiger partial charge in [0.1, 0.15) is 0 Å². The summed E-state index contributed by atoms with van der Waals surface area (Å²) in [7, 11) is 0. The van der Waals surface area contributed by atoms with Gasteiger partial charge in [-0.25, -0.2) is 0 Å². The molecule has 0 heterocycles. The van der Waals surface area contributed by atoms with Gasteiger partial charge in [-0.1, -0.05) is 340 Å². The zero-order valence-corrected chi connectivity index (χ0v) is 59.5. The maximum absolute atomic E-state index is 3.85. The Morgan fingerprint density at radius 3 is 1.23 bits per heavy atom. The maximum Gasteiger partial charge on any atom is 0.0540 e. The molecule has 3 aliphatic carbocycles. The van der Waals surface area contributed by atoms with Gasteiger partial charge in [0.25, 0.3) is 0 Å². The monoisotopic (exact) mass is 1350 g/mol. The van der Waals surface area contributed by atoms with Crippen molar-refractivity contribution in [1.29, 1.82) is 0 Å². The van der Waals surface area contributed by atoms with E-state index < -0.39 is 0 Å². The third kappa shape index (κ3) is 15.3. The molecule has 0 fully saturated rings. The summed E-state index contributed by atoms with van der Waals surface area (Å²) in [5.41, 5.74) is 23.5. The first-order valence-electron chi connectivity index (χ1n) is 36.5. The molecule has 0 aliphatic heterocycles. The van der Waals surface area contributed by atoms with Crippen molar-refractivity contribution in [2.75, 3.05) is 9.80 Å². The molecule has 0 saturated carbocycles. The van der Waals surface area contributed by atoms with Crippen molar-refractivity contribution >= 4 is 77.6 Å². The van der Waals surface area contributed by atoms with Gasteiger partial charge in [-0.15, -0.1) is 0 Å². The number of allylic oxidation sites excluding steroid dienone is 3. The molecule has 0 aromatic heterocycles.